The van der Waals surface area contributed by atoms with Crippen molar-refractivity contribution in [2.45, 2.75) is 18.4 Å². The second-order valence-corrected chi connectivity index (χ2v) is 4.91. The van der Waals surface area contributed by atoms with Gasteiger partial charge in [0.2, 0.25) is 0 Å². The first kappa shape index (κ1) is 12.2. The van der Waals surface area contributed by atoms with Crippen molar-refractivity contribution in [3.8, 4) is 0 Å². The van der Waals surface area contributed by atoms with Gasteiger partial charge in [0.25, 0.3) is 0 Å². The molecule has 2 aromatic heterocycles. The van der Waals surface area contributed by atoms with E-state index in [0.29, 0.717) is 38.2 Å². The monoisotopic (exact) mass is 264 g/mol. The first-order valence-electron chi connectivity index (χ1n) is 6.21. The van der Waals surface area contributed by atoms with E-state index >= 15 is 0 Å². The van der Waals surface area contributed by atoms with Crippen LogP contribution in [0.2, 0.25) is 0 Å². The number of tetrazole rings is 1. The molecule has 8 heteroatoms. The van der Waals surface area contributed by atoms with Gasteiger partial charge >= 0.3 is 0 Å². The molecule has 1 N–H and O–H groups in total. The molecule has 0 aromatic carbocycles. The van der Waals surface area contributed by atoms with Crippen LogP contribution in [0.15, 0.2) is 12.4 Å². The van der Waals surface area contributed by atoms with Crippen LogP contribution in [-0.4, -0.2) is 62.5 Å². The molecule has 0 amide bonds. The number of fused-ring (bicyclic) bond motifs is 1. The minimum absolute atomic E-state index is 0.497. The average molecular weight is 264 g/mol. The Kier molecular flexibility index (Phi) is 3.03. The van der Waals surface area contributed by atoms with E-state index in [2.05, 4.69) is 20.5 Å². The molecule has 102 valence electrons. The highest BCUT2D eigenvalue weighted by Crippen LogP contribution is 2.23. The molecule has 1 aliphatic heterocycles. The smallest absolute Gasteiger partial charge is 0.199 e. The van der Waals surface area contributed by atoms with Gasteiger partial charge in [-0.3, -0.25) is 4.98 Å². The van der Waals surface area contributed by atoms with E-state index in [4.69, 9.17) is 4.74 Å². The van der Waals surface area contributed by atoms with E-state index in [-0.39, 0.29) is 0 Å². The summed E-state index contributed by atoms with van der Waals surface area (Å²) < 4.78 is 6.89. The highest BCUT2D eigenvalue weighted by molar-refractivity contribution is 5.45. The summed E-state index contributed by atoms with van der Waals surface area (Å²) in [6.45, 7) is 1.69. The maximum atomic E-state index is 10.5. The Bertz CT molecular complexity index is 565. The van der Waals surface area contributed by atoms with Gasteiger partial charge in [0, 0.05) is 39.6 Å². The number of aromatic nitrogens is 5. The van der Waals surface area contributed by atoms with Crippen molar-refractivity contribution in [1.82, 2.24) is 25.0 Å². The predicted octanol–water partition coefficient (Wildman–Crippen LogP) is -0.503. The van der Waals surface area contributed by atoms with Crippen molar-refractivity contribution in [3.63, 3.8) is 0 Å². The van der Waals surface area contributed by atoms with E-state index in [1.165, 1.54) is 0 Å². The van der Waals surface area contributed by atoms with Gasteiger partial charge in [0.1, 0.15) is 0 Å². The number of rotatable bonds is 3. The molecule has 8 nitrogen and oxygen atoms in total. The predicted molar refractivity (Wildman–Crippen MR) is 66.8 cm³/mol. The molecule has 0 spiro atoms. The van der Waals surface area contributed by atoms with Crippen molar-refractivity contribution in [3.05, 3.63) is 12.4 Å². The van der Waals surface area contributed by atoms with Crippen molar-refractivity contribution in [2.75, 3.05) is 31.7 Å². The van der Waals surface area contributed by atoms with Crippen LogP contribution >= 0.6 is 0 Å². The molecule has 1 aliphatic rings. The molecule has 19 heavy (non-hydrogen) atoms. The summed E-state index contributed by atoms with van der Waals surface area (Å²) in [5.74, 6) is 0.752. The first-order chi connectivity index (χ1) is 9.18. The van der Waals surface area contributed by atoms with Gasteiger partial charge in [-0.1, -0.05) is 0 Å². The quantitative estimate of drug-likeness (QED) is 0.799. The number of hydrogen-bond donors (Lipinski definition) is 1. The maximum Gasteiger partial charge on any atom is 0.199 e. The van der Waals surface area contributed by atoms with Crippen molar-refractivity contribution in [2.24, 2.45) is 0 Å². The summed E-state index contributed by atoms with van der Waals surface area (Å²) in [7, 11) is 1.89. The van der Waals surface area contributed by atoms with E-state index < -0.39 is 5.60 Å². The van der Waals surface area contributed by atoms with Crippen LogP contribution in [0.4, 0.5) is 5.82 Å². The molecule has 3 rings (SSSR count). The van der Waals surface area contributed by atoms with E-state index in [1.54, 1.807) is 16.9 Å². The Labute approximate surface area is 110 Å². The van der Waals surface area contributed by atoms with Gasteiger partial charge in [0.15, 0.2) is 11.5 Å². The molecule has 1 saturated heterocycles. The summed E-state index contributed by atoms with van der Waals surface area (Å²) in [5, 5.41) is 21.9. The van der Waals surface area contributed by atoms with Gasteiger partial charge in [-0.2, -0.15) is 4.52 Å². The minimum atomic E-state index is -0.733. The minimum Gasteiger partial charge on any atom is -0.388 e. The van der Waals surface area contributed by atoms with Gasteiger partial charge in [0.05, 0.1) is 18.0 Å². The number of ether oxygens (including phenoxy) is 1. The van der Waals surface area contributed by atoms with Gasteiger partial charge in [-0.25, -0.2) is 0 Å². The molecule has 0 aliphatic carbocycles. The molecule has 0 atom stereocenters. The topological polar surface area (TPSA) is 88.7 Å². The zero-order valence-corrected chi connectivity index (χ0v) is 10.7. The Morgan fingerprint density at radius 2 is 2.21 bits per heavy atom. The van der Waals surface area contributed by atoms with Crippen LogP contribution in [0, 0.1) is 0 Å². The van der Waals surface area contributed by atoms with Crippen LogP contribution in [0.5, 0.6) is 0 Å². The van der Waals surface area contributed by atoms with Crippen LogP contribution in [0.1, 0.15) is 12.8 Å². The normalized spacial score (nSPS) is 18.6. The zero-order valence-electron chi connectivity index (χ0n) is 10.7. The Balaban J connectivity index is 1.83. The fourth-order valence-electron chi connectivity index (χ4n) is 2.36. The summed E-state index contributed by atoms with van der Waals surface area (Å²) >= 11 is 0. The molecule has 0 unspecified atom stereocenters. The molecule has 1 fully saturated rings. The van der Waals surface area contributed by atoms with Crippen molar-refractivity contribution < 1.29 is 9.84 Å². The lowest BCUT2D eigenvalue weighted by Crippen LogP contribution is -2.46. The van der Waals surface area contributed by atoms with Crippen molar-refractivity contribution in [1.29, 1.82) is 0 Å². The van der Waals surface area contributed by atoms with Crippen molar-refractivity contribution >= 4 is 11.5 Å². The van der Waals surface area contributed by atoms with Gasteiger partial charge in [-0.05, 0) is 10.4 Å². The summed E-state index contributed by atoms with van der Waals surface area (Å²) in [4.78, 5) is 6.03. The lowest BCUT2D eigenvalue weighted by molar-refractivity contribution is -0.0573. The molecule has 3 heterocycles. The first-order valence-corrected chi connectivity index (χ1v) is 6.21. The van der Waals surface area contributed by atoms with Crippen LogP contribution < -0.4 is 4.90 Å². The second kappa shape index (κ2) is 4.71. The second-order valence-electron chi connectivity index (χ2n) is 4.91. The number of likely N-dealkylation sites (N-methyl/N-ethyl adjacent to an activating group) is 1. The highest BCUT2D eigenvalue weighted by Gasteiger charge is 2.31. The van der Waals surface area contributed by atoms with E-state index in [1.807, 2.05) is 11.9 Å². The Morgan fingerprint density at radius 3 is 3.00 bits per heavy atom. The van der Waals surface area contributed by atoms with Gasteiger partial charge < -0.3 is 14.7 Å². The molecular weight excluding hydrogens is 248 g/mol. The molecule has 0 radical (unpaired) electrons. The van der Waals surface area contributed by atoms with E-state index in [0.717, 1.165) is 5.82 Å². The standard InChI is InChI=1S/C11H16N6O2/c1-16(8-11(18)2-4-19-5-3-11)10-7-12-6-9-13-14-15-17(9)10/h6-7,18H,2-5,8H2,1H3. The Hall–Kier alpha value is -1.80. The maximum absolute atomic E-state index is 10.5. The highest BCUT2D eigenvalue weighted by atomic mass is 16.5. The number of hydrogen-bond acceptors (Lipinski definition) is 7. The van der Waals surface area contributed by atoms with Crippen LogP contribution in [0.3, 0.4) is 0 Å². The van der Waals surface area contributed by atoms with Gasteiger partial charge in [-0.15, -0.1) is 5.10 Å². The van der Waals surface area contributed by atoms with Crippen LogP contribution in [-0.2, 0) is 4.74 Å². The van der Waals surface area contributed by atoms with Crippen LogP contribution in [0.25, 0.3) is 5.65 Å². The Morgan fingerprint density at radius 1 is 1.42 bits per heavy atom. The average Bonchev–Trinajstić information content (AvgIpc) is 2.86. The third-order valence-electron chi connectivity index (χ3n) is 3.44. The van der Waals surface area contributed by atoms with E-state index in [9.17, 15) is 5.11 Å². The third-order valence-corrected chi connectivity index (χ3v) is 3.44. The zero-order chi connectivity index (χ0) is 13.3. The fraction of sp³-hybridized carbons (Fsp3) is 0.636. The molecule has 2 aromatic rings. The summed E-state index contributed by atoms with van der Waals surface area (Å²) in [6, 6.07) is 0. The number of anilines is 1. The molecule has 0 bridgehead atoms. The number of aliphatic hydroxyl groups is 1. The third kappa shape index (κ3) is 2.36. The largest absolute Gasteiger partial charge is 0.388 e. The lowest BCUT2D eigenvalue weighted by Gasteiger charge is -2.35. The molecule has 0 saturated carbocycles. The fourth-order valence-corrected chi connectivity index (χ4v) is 2.36. The lowest BCUT2D eigenvalue weighted by atomic mass is 9.94. The SMILES string of the molecule is CN(CC1(O)CCOCC1)c1cncc2nnnn12. The summed E-state index contributed by atoms with van der Waals surface area (Å²) in [5.41, 5.74) is -0.147. The summed E-state index contributed by atoms with van der Waals surface area (Å²) in [6.07, 6.45) is 4.55. The molecular formula is C11H16N6O2. The number of nitrogens with zero attached hydrogens (tertiary/aromatic N) is 6.